The van der Waals surface area contributed by atoms with Crippen LogP contribution in [0.1, 0.15) is 23.7 Å². The molecule has 3 rings (SSSR count). The minimum Gasteiger partial charge on any atom is -0.368 e. The van der Waals surface area contributed by atoms with E-state index in [0.717, 1.165) is 18.7 Å². The molecule has 2 aliphatic rings. The third-order valence-electron chi connectivity index (χ3n) is 3.15. The topological polar surface area (TPSA) is 32.8 Å². The molecule has 0 spiro atoms. The number of amides is 1. The van der Waals surface area contributed by atoms with Gasteiger partial charge in [-0.1, -0.05) is 12.1 Å². The van der Waals surface area contributed by atoms with Crippen molar-refractivity contribution in [2.75, 3.05) is 18.6 Å². The van der Waals surface area contributed by atoms with Gasteiger partial charge in [-0.2, -0.15) is 0 Å². The van der Waals surface area contributed by atoms with Crippen molar-refractivity contribution in [2.45, 2.75) is 18.9 Å². The molecular formula is C12H13NO2. The van der Waals surface area contributed by atoms with Gasteiger partial charge < -0.3 is 9.64 Å². The van der Waals surface area contributed by atoms with Crippen molar-refractivity contribution in [1.29, 1.82) is 0 Å². The Kier molecular flexibility index (Phi) is 1.83. The van der Waals surface area contributed by atoms with E-state index < -0.39 is 0 Å². The number of nitrogens with zero attached hydrogens (tertiary/aromatic N) is 1. The number of benzene rings is 1. The molecule has 0 aliphatic carbocycles. The van der Waals surface area contributed by atoms with Crippen LogP contribution < -0.4 is 4.90 Å². The molecule has 1 unspecified atom stereocenters. The van der Waals surface area contributed by atoms with Gasteiger partial charge in [0, 0.05) is 19.2 Å². The van der Waals surface area contributed by atoms with E-state index in [1.165, 1.54) is 11.1 Å². The molecule has 0 bridgehead atoms. The first-order valence-electron chi connectivity index (χ1n) is 5.26. The predicted molar refractivity (Wildman–Crippen MR) is 56.9 cm³/mol. The van der Waals surface area contributed by atoms with Crippen LogP contribution in [0.2, 0.25) is 0 Å². The van der Waals surface area contributed by atoms with Crippen LogP contribution in [0.4, 0.5) is 5.69 Å². The summed E-state index contributed by atoms with van der Waals surface area (Å²) in [4.78, 5) is 13.2. The summed E-state index contributed by atoms with van der Waals surface area (Å²) < 4.78 is 5.25. The van der Waals surface area contributed by atoms with E-state index in [1.54, 1.807) is 4.90 Å². The fourth-order valence-corrected chi connectivity index (χ4v) is 2.12. The van der Waals surface area contributed by atoms with Gasteiger partial charge in [0.25, 0.3) is 0 Å². The molecule has 3 heteroatoms. The van der Waals surface area contributed by atoms with Crippen molar-refractivity contribution in [1.82, 2.24) is 0 Å². The minimum absolute atomic E-state index is 0.206. The van der Waals surface area contributed by atoms with Crippen LogP contribution in [-0.4, -0.2) is 19.6 Å². The summed E-state index contributed by atoms with van der Waals surface area (Å²) >= 11 is 0. The summed E-state index contributed by atoms with van der Waals surface area (Å²) in [5.41, 5.74) is 3.57. The van der Waals surface area contributed by atoms with Crippen molar-refractivity contribution < 1.29 is 9.53 Å². The number of ether oxygens (including phenoxy) is 1. The highest BCUT2D eigenvalue weighted by molar-refractivity contribution is 5.95. The van der Waals surface area contributed by atoms with Crippen molar-refractivity contribution in [3.05, 3.63) is 29.3 Å². The second-order valence-electron chi connectivity index (χ2n) is 4.16. The quantitative estimate of drug-likeness (QED) is 0.650. The number of hydrogen-bond donors (Lipinski definition) is 0. The van der Waals surface area contributed by atoms with E-state index in [-0.39, 0.29) is 5.91 Å². The van der Waals surface area contributed by atoms with E-state index in [2.05, 4.69) is 12.1 Å². The number of rotatable bonds is 1. The highest BCUT2D eigenvalue weighted by Gasteiger charge is 2.27. The van der Waals surface area contributed by atoms with E-state index in [0.29, 0.717) is 12.5 Å². The molecule has 0 radical (unpaired) electrons. The highest BCUT2D eigenvalue weighted by atomic mass is 16.6. The van der Waals surface area contributed by atoms with Crippen LogP contribution in [-0.2, 0) is 16.0 Å². The fourth-order valence-electron chi connectivity index (χ4n) is 2.12. The Balaban J connectivity index is 2.01. The molecule has 1 fully saturated rings. The van der Waals surface area contributed by atoms with E-state index in [1.807, 2.05) is 13.1 Å². The monoisotopic (exact) mass is 203 g/mol. The van der Waals surface area contributed by atoms with Crippen molar-refractivity contribution in [2.24, 2.45) is 0 Å². The van der Waals surface area contributed by atoms with Crippen LogP contribution >= 0.6 is 0 Å². The third-order valence-corrected chi connectivity index (χ3v) is 3.15. The first kappa shape index (κ1) is 8.92. The molecule has 1 atom stereocenters. The Morgan fingerprint density at radius 1 is 1.40 bits per heavy atom. The standard InChI is InChI=1S/C12H13NO2/c1-13-10-4-2-9(11-7-15-11)6-8(10)3-5-12(13)14/h2,4,6,11H,3,5,7H2,1H3. The second kappa shape index (κ2) is 3.07. The average molecular weight is 203 g/mol. The molecule has 1 aromatic rings. The molecule has 0 aromatic heterocycles. The molecular weight excluding hydrogens is 190 g/mol. The number of fused-ring (bicyclic) bond motifs is 1. The van der Waals surface area contributed by atoms with Gasteiger partial charge in [0.05, 0.1) is 6.61 Å². The van der Waals surface area contributed by atoms with Gasteiger partial charge in [-0.15, -0.1) is 0 Å². The molecule has 2 heterocycles. The Hall–Kier alpha value is -1.35. The summed E-state index contributed by atoms with van der Waals surface area (Å²) in [6.45, 7) is 0.841. The maximum absolute atomic E-state index is 11.5. The minimum atomic E-state index is 0.206. The number of hydrogen-bond acceptors (Lipinski definition) is 2. The summed E-state index contributed by atoms with van der Waals surface area (Å²) in [7, 11) is 1.84. The first-order chi connectivity index (χ1) is 7.25. The Morgan fingerprint density at radius 3 is 2.93 bits per heavy atom. The zero-order valence-corrected chi connectivity index (χ0v) is 8.69. The largest absolute Gasteiger partial charge is 0.368 e. The van der Waals surface area contributed by atoms with Crippen LogP contribution in [0.25, 0.3) is 0 Å². The Bertz CT molecular complexity index is 424. The van der Waals surface area contributed by atoms with Gasteiger partial charge >= 0.3 is 0 Å². The molecule has 15 heavy (non-hydrogen) atoms. The van der Waals surface area contributed by atoms with Crippen LogP contribution in [0.15, 0.2) is 18.2 Å². The number of carbonyl (C=O) groups is 1. The summed E-state index contributed by atoms with van der Waals surface area (Å²) in [5.74, 6) is 0.206. The number of aryl methyl sites for hydroxylation is 1. The average Bonchev–Trinajstić information content (AvgIpc) is 3.07. The zero-order chi connectivity index (χ0) is 10.4. The molecule has 2 aliphatic heterocycles. The maximum atomic E-state index is 11.5. The first-order valence-corrected chi connectivity index (χ1v) is 5.26. The van der Waals surface area contributed by atoms with Crippen molar-refractivity contribution in [3.63, 3.8) is 0 Å². The smallest absolute Gasteiger partial charge is 0.227 e. The summed E-state index contributed by atoms with van der Waals surface area (Å²) in [6, 6.07) is 6.27. The number of carbonyl (C=O) groups excluding carboxylic acids is 1. The summed E-state index contributed by atoms with van der Waals surface area (Å²) in [5, 5.41) is 0. The van der Waals surface area contributed by atoms with Gasteiger partial charge in [0.2, 0.25) is 5.91 Å². The Morgan fingerprint density at radius 2 is 2.20 bits per heavy atom. The molecule has 0 N–H and O–H groups in total. The second-order valence-corrected chi connectivity index (χ2v) is 4.16. The van der Waals surface area contributed by atoms with Crippen molar-refractivity contribution >= 4 is 11.6 Å². The lowest BCUT2D eigenvalue weighted by Crippen LogP contribution is -2.31. The van der Waals surface area contributed by atoms with E-state index in [4.69, 9.17) is 4.74 Å². The van der Waals surface area contributed by atoms with Gasteiger partial charge in [0.1, 0.15) is 6.10 Å². The normalized spacial score (nSPS) is 23.9. The highest BCUT2D eigenvalue weighted by Crippen LogP contribution is 2.34. The molecule has 0 saturated carbocycles. The van der Waals surface area contributed by atoms with E-state index in [9.17, 15) is 4.79 Å². The zero-order valence-electron chi connectivity index (χ0n) is 8.69. The molecule has 3 nitrogen and oxygen atoms in total. The maximum Gasteiger partial charge on any atom is 0.227 e. The number of anilines is 1. The van der Waals surface area contributed by atoms with Gasteiger partial charge in [-0.05, 0) is 23.6 Å². The molecule has 1 aromatic carbocycles. The summed E-state index contributed by atoms with van der Waals surface area (Å²) in [6.07, 6.45) is 1.79. The van der Waals surface area contributed by atoms with Crippen LogP contribution in [0.3, 0.4) is 0 Å². The third kappa shape index (κ3) is 1.43. The number of epoxide rings is 1. The van der Waals surface area contributed by atoms with Gasteiger partial charge in [-0.25, -0.2) is 0 Å². The fraction of sp³-hybridized carbons (Fsp3) is 0.417. The van der Waals surface area contributed by atoms with Gasteiger partial charge in [0.15, 0.2) is 0 Å². The van der Waals surface area contributed by atoms with Crippen LogP contribution in [0, 0.1) is 0 Å². The van der Waals surface area contributed by atoms with Crippen molar-refractivity contribution in [3.8, 4) is 0 Å². The van der Waals surface area contributed by atoms with Crippen LogP contribution in [0.5, 0.6) is 0 Å². The lowest BCUT2D eigenvalue weighted by molar-refractivity contribution is -0.118. The predicted octanol–water partition coefficient (Wildman–Crippen LogP) is 1.67. The molecule has 1 amide bonds. The SMILES string of the molecule is CN1C(=O)CCc2cc(C3CO3)ccc21. The lowest BCUT2D eigenvalue weighted by atomic mass is 9.98. The molecule has 78 valence electrons. The van der Waals surface area contributed by atoms with E-state index >= 15 is 0 Å². The Labute approximate surface area is 88.6 Å². The lowest BCUT2D eigenvalue weighted by Gasteiger charge is -2.26. The molecule has 1 saturated heterocycles. The van der Waals surface area contributed by atoms with Gasteiger partial charge in [-0.3, -0.25) is 4.79 Å².